The van der Waals surface area contributed by atoms with E-state index in [1.165, 1.54) is 18.7 Å². The zero-order chi connectivity index (χ0) is 27.8. The van der Waals surface area contributed by atoms with Crippen molar-refractivity contribution in [1.82, 2.24) is 15.2 Å². The Kier molecular flexibility index (Phi) is 10.2. The molecule has 1 saturated heterocycles. The number of nitrogens with zero attached hydrogens (tertiary/aromatic N) is 3. The highest BCUT2D eigenvalue weighted by Gasteiger charge is 2.54. The number of carbonyl (C=O) groups is 5. The molecule has 38 heavy (non-hydrogen) atoms. The number of fused-ring (bicyclic) bond motifs is 1. The van der Waals surface area contributed by atoms with Gasteiger partial charge in [0.1, 0.15) is 48.2 Å². The highest BCUT2D eigenvalue weighted by Crippen LogP contribution is 2.40. The lowest BCUT2D eigenvalue weighted by molar-refractivity contribution is -0.150. The lowest BCUT2D eigenvalue weighted by Gasteiger charge is -2.49. The Labute approximate surface area is 226 Å². The molecule has 3 heterocycles. The van der Waals surface area contributed by atoms with Gasteiger partial charge in [0.05, 0.1) is 0 Å². The number of ether oxygens (including phenoxy) is 1. The summed E-state index contributed by atoms with van der Waals surface area (Å²) in [6, 6.07) is -1.02. The van der Waals surface area contributed by atoms with Crippen molar-refractivity contribution in [2.24, 2.45) is 5.16 Å². The van der Waals surface area contributed by atoms with Gasteiger partial charge < -0.3 is 25.7 Å². The molecule has 13 nitrogen and oxygen atoms in total. The van der Waals surface area contributed by atoms with Crippen LogP contribution in [-0.2, 0) is 33.5 Å². The molecule has 0 spiro atoms. The van der Waals surface area contributed by atoms with Crippen LogP contribution in [0.4, 0.5) is 5.13 Å². The van der Waals surface area contributed by atoms with Crippen molar-refractivity contribution in [2.45, 2.75) is 57.4 Å². The van der Waals surface area contributed by atoms with E-state index in [1.807, 2.05) is 0 Å². The third-order valence-electron chi connectivity index (χ3n) is 5.56. The van der Waals surface area contributed by atoms with E-state index in [-0.39, 0.29) is 46.0 Å². The average molecular weight is 568 g/mol. The van der Waals surface area contributed by atoms with Crippen LogP contribution >= 0.6 is 23.1 Å². The summed E-state index contributed by atoms with van der Waals surface area (Å²) < 4.78 is 5.01. The number of esters is 1. The minimum Gasteiger partial charge on any atom is -0.477 e. The molecule has 1 aromatic heterocycles. The van der Waals surface area contributed by atoms with Gasteiger partial charge >= 0.3 is 11.9 Å². The van der Waals surface area contributed by atoms with Gasteiger partial charge in [0, 0.05) is 16.7 Å². The molecular weight excluding hydrogens is 538 g/mol. The maximum Gasteiger partial charge on any atom is 0.352 e. The van der Waals surface area contributed by atoms with Crippen LogP contribution in [0.25, 0.3) is 0 Å². The molecule has 2 atom stereocenters. The zero-order valence-corrected chi connectivity index (χ0v) is 22.6. The molecule has 4 N–H and O–H groups in total. The van der Waals surface area contributed by atoms with Gasteiger partial charge in [-0.25, -0.2) is 9.78 Å². The van der Waals surface area contributed by atoms with Gasteiger partial charge in [0.15, 0.2) is 10.8 Å². The maximum atomic E-state index is 13.1. The molecular formula is C23H29N5O8S2. The number of nitrogens with two attached hydrogens (primary N) is 1. The van der Waals surface area contributed by atoms with Crippen LogP contribution < -0.4 is 11.1 Å². The molecule has 2 aliphatic rings. The number of hydrogen-bond acceptors (Lipinski definition) is 12. The molecule has 0 bridgehead atoms. The molecule has 2 amide bonds. The van der Waals surface area contributed by atoms with Crippen LogP contribution in [0.15, 0.2) is 21.8 Å². The smallest absolute Gasteiger partial charge is 0.352 e. The van der Waals surface area contributed by atoms with E-state index in [1.54, 1.807) is 5.38 Å². The van der Waals surface area contributed by atoms with Gasteiger partial charge in [0.2, 0.25) is 0 Å². The Morgan fingerprint density at radius 2 is 2.05 bits per heavy atom. The van der Waals surface area contributed by atoms with Gasteiger partial charge in [-0.2, -0.15) is 0 Å². The van der Waals surface area contributed by atoms with Gasteiger partial charge in [-0.15, -0.1) is 23.1 Å². The fraction of sp³-hybridized carbons (Fsp3) is 0.522. The molecule has 0 saturated carbocycles. The number of ketones is 1. The average Bonchev–Trinajstić information content (AvgIpc) is 3.29. The number of thiazole rings is 1. The number of Topliss-reactive ketones (excluding diaryl/α,β-unsaturated/α-hetero) is 1. The molecule has 0 unspecified atom stereocenters. The summed E-state index contributed by atoms with van der Waals surface area (Å²) in [7, 11) is 0. The summed E-state index contributed by atoms with van der Waals surface area (Å²) in [5, 5.41) is 17.4. The number of oxime groups is 1. The Bertz CT molecular complexity index is 1160. The van der Waals surface area contributed by atoms with Crippen molar-refractivity contribution >= 4 is 63.5 Å². The summed E-state index contributed by atoms with van der Waals surface area (Å²) in [4.78, 5) is 71.3. The fourth-order valence-electron chi connectivity index (χ4n) is 3.73. The summed E-state index contributed by atoms with van der Waals surface area (Å²) in [6.07, 6.45) is 3.40. The molecule has 0 aliphatic carbocycles. The number of β-lactam (4-membered cyclic amide) rings is 1. The van der Waals surface area contributed by atoms with Crippen LogP contribution in [-0.4, -0.2) is 80.6 Å². The van der Waals surface area contributed by atoms with E-state index in [0.717, 1.165) is 41.9 Å². The number of carboxylic acid groups (broad SMARTS) is 1. The van der Waals surface area contributed by atoms with E-state index < -0.39 is 41.6 Å². The first kappa shape index (κ1) is 29.1. The standard InChI is InChI=1S/C23H29N5O8S2/c1-3-4-5-6-7-36-27-16(14-11-38-23(24)25-14)19(31)26-17-20(32)28-18(22(33)34)13(10-37-21(17)28)9-35-15(30)8-12(2)29/h11,17,21H,3-10H2,1-2H3,(H2,24,25)(H,26,31)(H,33,34)/b27-16-/t17-,21-/m1/s1. The van der Waals surface area contributed by atoms with Crippen LogP contribution in [0, 0.1) is 0 Å². The lowest BCUT2D eigenvalue weighted by Crippen LogP contribution is -2.71. The first-order valence-corrected chi connectivity index (χ1v) is 13.8. The second-order valence-corrected chi connectivity index (χ2v) is 10.6. The van der Waals surface area contributed by atoms with Crippen molar-refractivity contribution in [3.63, 3.8) is 0 Å². The highest BCUT2D eigenvalue weighted by molar-refractivity contribution is 8.00. The predicted molar refractivity (Wildman–Crippen MR) is 139 cm³/mol. The highest BCUT2D eigenvalue weighted by atomic mass is 32.2. The number of nitrogen functional groups attached to an aromatic ring is 1. The van der Waals surface area contributed by atoms with Crippen molar-refractivity contribution in [3.8, 4) is 0 Å². The van der Waals surface area contributed by atoms with Crippen molar-refractivity contribution < 1.29 is 38.7 Å². The number of amides is 2. The third-order valence-corrected chi connectivity index (χ3v) is 7.58. The SMILES string of the molecule is CCCCCCO/N=C(\C(=O)N[C@@H]1C(=O)N2C(C(=O)O)=C(COC(=O)CC(C)=O)CS[C@H]12)c1csc(N)n1. The second kappa shape index (κ2) is 13.4. The van der Waals surface area contributed by atoms with Crippen LogP contribution in [0.5, 0.6) is 0 Å². The normalized spacial score (nSPS) is 18.9. The van der Waals surface area contributed by atoms with Crippen LogP contribution in [0.2, 0.25) is 0 Å². The molecule has 0 radical (unpaired) electrons. The van der Waals surface area contributed by atoms with Gasteiger partial charge in [-0.1, -0.05) is 24.9 Å². The van der Waals surface area contributed by atoms with Crippen molar-refractivity contribution in [2.75, 3.05) is 24.7 Å². The van der Waals surface area contributed by atoms with E-state index in [4.69, 9.17) is 15.3 Å². The molecule has 0 aromatic carbocycles. The predicted octanol–water partition coefficient (Wildman–Crippen LogP) is 1.29. The minimum atomic E-state index is -1.37. The number of nitrogens with one attached hydrogen (secondary N) is 1. The summed E-state index contributed by atoms with van der Waals surface area (Å²) >= 11 is 2.32. The Morgan fingerprint density at radius 3 is 2.68 bits per heavy atom. The number of hydrogen-bond donors (Lipinski definition) is 3. The number of carboxylic acids is 1. The van der Waals surface area contributed by atoms with Crippen LogP contribution in [0.1, 0.15) is 51.6 Å². The summed E-state index contributed by atoms with van der Waals surface area (Å²) in [5.41, 5.74) is 5.66. The van der Waals surface area contributed by atoms with E-state index in [0.29, 0.717) is 6.61 Å². The zero-order valence-electron chi connectivity index (χ0n) is 20.9. The van der Waals surface area contributed by atoms with Crippen LogP contribution in [0.3, 0.4) is 0 Å². The quantitative estimate of drug-likeness (QED) is 0.0733. The fourth-order valence-corrected chi connectivity index (χ4v) is 5.61. The molecule has 2 aliphatic heterocycles. The first-order valence-electron chi connectivity index (χ1n) is 11.9. The lowest BCUT2D eigenvalue weighted by atomic mass is 10.0. The van der Waals surface area contributed by atoms with Gasteiger partial charge in [-0.05, 0) is 19.8 Å². The first-order chi connectivity index (χ1) is 18.1. The molecule has 15 heteroatoms. The maximum absolute atomic E-state index is 13.1. The van der Waals surface area contributed by atoms with E-state index >= 15 is 0 Å². The molecule has 3 rings (SSSR count). The Morgan fingerprint density at radius 1 is 1.29 bits per heavy atom. The minimum absolute atomic E-state index is 0.139. The number of aliphatic carboxylic acids is 1. The Balaban J connectivity index is 1.70. The number of rotatable bonds is 14. The number of unbranched alkanes of at least 4 members (excludes halogenated alkanes) is 3. The summed E-state index contributed by atoms with van der Waals surface area (Å²) in [5.74, 6) is -3.76. The summed E-state index contributed by atoms with van der Waals surface area (Å²) in [6.45, 7) is 3.25. The van der Waals surface area contributed by atoms with E-state index in [2.05, 4.69) is 22.4 Å². The number of aromatic nitrogens is 1. The van der Waals surface area contributed by atoms with Crippen molar-refractivity contribution in [3.05, 3.63) is 22.3 Å². The van der Waals surface area contributed by atoms with Crippen molar-refractivity contribution in [1.29, 1.82) is 0 Å². The topological polar surface area (TPSA) is 191 Å². The second-order valence-electron chi connectivity index (χ2n) is 8.56. The third kappa shape index (κ3) is 7.10. The molecule has 206 valence electrons. The number of carbonyl (C=O) groups excluding carboxylic acids is 4. The largest absolute Gasteiger partial charge is 0.477 e. The number of anilines is 1. The van der Waals surface area contributed by atoms with E-state index in [9.17, 15) is 29.1 Å². The Hall–Kier alpha value is -3.46. The van der Waals surface area contributed by atoms with Gasteiger partial charge in [-0.3, -0.25) is 24.1 Å². The monoisotopic (exact) mass is 567 g/mol. The number of thioether (sulfide) groups is 1. The molecule has 1 aromatic rings. The molecule has 1 fully saturated rings. The van der Waals surface area contributed by atoms with Gasteiger partial charge in [0.25, 0.3) is 11.8 Å².